The van der Waals surface area contributed by atoms with Gasteiger partial charge in [0.1, 0.15) is 0 Å². The largest absolute Gasteiger partial charge is 0.478 e. The van der Waals surface area contributed by atoms with Crippen LogP contribution in [0.1, 0.15) is 49.4 Å². The standard InChI is InChI=1S/C27H28N2O6/c1-26(2)16-27(3,18-5-7-19(8-6-18)29-23(31)11-13-25(34)35)20-9-4-17(14-21(20)26)15-28-22(30)10-12-24(32)33/h4-14H,15-16H2,1-3H3,(H,28,30)(H,29,31)(H,32,33)(H,34,35)/b12-10-,13-11-. The van der Waals surface area contributed by atoms with Crippen LogP contribution in [0.3, 0.4) is 0 Å². The number of anilines is 1. The van der Waals surface area contributed by atoms with Gasteiger partial charge < -0.3 is 20.8 Å². The Hall–Kier alpha value is -4.20. The van der Waals surface area contributed by atoms with Gasteiger partial charge in [-0.05, 0) is 46.2 Å². The van der Waals surface area contributed by atoms with E-state index in [2.05, 4.69) is 43.5 Å². The van der Waals surface area contributed by atoms with Gasteiger partial charge >= 0.3 is 11.9 Å². The molecule has 0 heterocycles. The van der Waals surface area contributed by atoms with Gasteiger partial charge in [-0.2, -0.15) is 0 Å². The molecule has 0 spiro atoms. The number of hydrogen-bond acceptors (Lipinski definition) is 4. The summed E-state index contributed by atoms with van der Waals surface area (Å²) in [5.74, 6) is -3.35. The van der Waals surface area contributed by atoms with Crippen LogP contribution in [0.25, 0.3) is 0 Å². The Labute approximate surface area is 203 Å². The Kier molecular flexibility index (Phi) is 7.24. The van der Waals surface area contributed by atoms with Crippen LogP contribution in [0.15, 0.2) is 66.8 Å². The summed E-state index contributed by atoms with van der Waals surface area (Å²) in [5, 5.41) is 22.6. The minimum atomic E-state index is -1.19. The molecule has 0 fully saturated rings. The highest BCUT2D eigenvalue weighted by atomic mass is 16.4. The summed E-state index contributed by atoms with van der Waals surface area (Å²) >= 11 is 0. The first-order valence-electron chi connectivity index (χ1n) is 11.1. The van der Waals surface area contributed by atoms with Gasteiger partial charge in [-0.1, -0.05) is 51.1 Å². The second kappa shape index (κ2) is 9.97. The average Bonchev–Trinajstić information content (AvgIpc) is 3.01. The molecule has 2 aromatic carbocycles. The smallest absolute Gasteiger partial charge is 0.328 e. The van der Waals surface area contributed by atoms with Crippen molar-refractivity contribution in [2.45, 2.75) is 44.6 Å². The monoisotopic (exact) mass is 476 g/mol. The molecule has 35 heavy (non-hydrogen) atoms. The van der Waals surface area contributed by atoms with E-state index in [-0.39, 0.29) is 17.4 Å². The molecule has 0 aliphatic heterocycles. The Morgan fingerprint density at radius 3 is 2.03 bits per heavy atom. The van der Waals surface area contributed by atoms with E-state index in [0.717, 1.165) is 41.9 Å². The van der Waals surface area contributed by atoms with Gasteiger partial charge in [0, 0.05) is 42.0 Å². The highest BCUT2D eigenvalue weighted by molar-refractivity contribution is 6.02. The summed E-state index contributed by atoms with van der Waals surface area (Å²) in [4.78, 5) is 44.8. The van der Waals surface area contributed by atoms with Gasteiger partial charge in [0.2, 0.25) is 11.8 Å². The van der Waals surface area contributed by atoms with Gasteiger partial charge in [0.25, 0.3) is 0 Å². The van der Waals surface area contributed by atoms with Crippen LogP contribution < -0.4 is 10.6 Å². The molecule has 2 aromatic rings. The van der Waals surface area contributed by atoms with Crippen LogP contribution in [0.4, 0.5) is 5.69 Å². The number of carboxylic acids is 2. The zero-order valence-electron chi connectivity index (χ0n) is 19.8. The van der Waals surface area contributed by atoms with E-state index >= 15 is 0 Å². The van der Waals surface area contributed by atoms with Crippen molar-refractivity contribution in [1.82, 2.24) is 5.32 Å². The van der Waals surface area contributed by atoms with Crippen LogP contribution in [-0.2, 0) is 36.6 Å². The lowest BCUT2D eigenvalue weighted by molar-refractivity contribution is -0.132. The summed E-state index contributed by atoms with van der Waals surface area (Å²) in [6.45, 7) is 6.83. The highest BCUT2D eigenvalue weighted by Gasteiger charge is 2.45. The quantitative estimate of drug-likeness (QED) is 0.431. The Balaban J connectivity index is 1.80. The molecule has 0 radical (unpaired) electrons. The second-order valence-electron chi connectivity index (χ2n) is 9.40. The molecule has 3 rings (SSSR count). The zero-order valence-corrected chi connectivity index (χ0v) is 19.8. The topological polar surface area (TPSA) is 133 Å². The number of fused-ring (bicyclic) bond motifs is 1. The average molecular weight is 477 g/mol. The first-order chi connectivity index (χ1) is 16.4. The number of benzene rings is 2. The van der Waals surface area contributed by atoms with Crippen molar-refractivity contribution in [3.05, 3.63) is 89.0 Å². The third kappa shape index (κ3) is 6.03. The molecule has 1 unspecified atom stereocenters. The highest BCUT2D eigenvalue weighted by Crippen LogP contribution is 2.53. The number of amides is 2. The van der Waals surface area contributed by atoms with Gasteiger partial charge in [0.05, 0.1) is 0 Å². The maximum Gasteiger partial charge on any atom is 0.328 e. The summed E-state index contributed by atoms with van der Waals surface area (Å²) in [5.41, 5.74) is 4.55. The van der Waals surface area contributed by atoms with Crippen LogP contribution in [0.2, 0.25) is 0 Å². The second-order valence-corrected chi connectivity index (χ2v) is 9.40. The number of carboxylic acid groups (broad SMARTS) is 2. The predicted molar refractivity (Wildman–Crippen MR) is 131 cm³/mol. The van der Waals surface area contributed by atoms with Crippen molar-refractivity contribution in [2.75, 3.05) is 5.32 Å². The van der Waals surface area contributed by atoms with Crippen LogP contribution >= 0.6 is 0 Å². The molecule has 4 N–H and O–H groups in total. The van der Waals surface area contributed by atoms with E-state index in [1.165, 1.54) is 11.1 Å². The molecule has 182 valence electrons. The molecule has 8 heteroatoms. The van der Waals surface area contributed by atoms with Crippen molar-refractivity contribution in [2.24, 2.45) is 0 Å². The van der Waals surface area contributed by atoms with Gasteiger partial charge in [-0.3, -0.25) is 9.59 Å². The third-order valence-corrected chi connectivity index (χ3v) is 6.21. The molecular weight excluding hydrogens is 448 g/mol. The van der Waals surface area contributed by atoms with Crippen LogP contribution in [-0.4, -0.2) is 34.0 Å². The van der Waals surface area contributed by atoms with E-state index in [4.69, 9.17) is 10.2 Å². The van der Waals surface area contributed by atoms with Crippen molar-refractivity contribution in [3.8, 4) is 0 Å². The predicted octanol–water partition coefficient (Wildman–Crippen LogP) is 3.51. The number of carbonyl (C=O) groups is 4. The number of rotatable bonds is 8. The van der Waals surface area contributed by atoms with E-state index in [1.807, 2.05) is 18.2 Å². The van der Waals surface area contributed by atoms with Crippen LogP contribution in [0, 0.1) is 0 Å². The molecule has 8 nitrogen and oxygen atoms in total. The lowest BCUT2D eigenvalue weighted by atomic mass is 9.75. The van der Waals surface area contributed by atoms with E-state index in [0.29, 0.717) is 5.69 Å². The third-order valence-electron chi connectivity index (χ3n) is 6.21. The fourth-order valence-corrected chi connectivity index (χ4v) is 4.72. The molecule has 1 atom stereocenters. The first-order valence-corrected chi connectivity index (χ1v) is 11.1. The van der Waals surface area contributed by atoms with Gasteiger partial charge in [0.15, 0.2) is 0 Å². The SMILES string of the molecule is CC1(C)CC(C)(c2ccc(NC(=O)/C=C\C(=O)O)cc2)c2ccc(CNC(=O)/C=C\C(=O)O)cc21. The fraction of sp³-hybridized carbons (Fsp3) is 0.259. The number of hydrogen-bond donors (Lipinski definition) is 4. The number of nitrogens with one attached hydrogen (secondary N) is 2. The van der Waals surface area contributed by atoms with Crippen molar-refractivity contribution in [1.29, 1.82) is 0 Å². The Morgan fingerprint density at radius 1 is 0.829 bits per heavy atom. The maximum atomic E-state index is 11.8. The molecule has 0 saturated heterocycles. The summed E-state index contributed by atoms with van der Waals surface area (Å²) in [6.07, 6.45) is 4.41. The summed E-state index contributed by atoms with van der Waals surface area (Å²) in [7, 11) is 0. The van der Waals surface area contributed by atoms with E-state index in [1.54, 1.807) is 12.1 Å². The lowest BCUT2D eigenvalue weighted by Crippen LogP contribution is -2.23. The Morgan fingerprint density at radius 2 is 1.43 bits per heavy atom. The van der Waals surface area contributed by atoms with Gasteiger partial charge in [-0.15, -0.1) is 0 Å². The first kappa shape index (κ1) is 25.4. The molecule has 0 aromatic heterocycles. The summed E-state index contributed by atoms with van der Waals surface area (Å²) < 4.78 is 0. The molecule has 0 saturated carbocycles. The molecule has 0 bridgehead atoms. The number of carbonyl (C=O) groups excluding carboxylic acids is 2. The molecule has 1 aliphatic rings. The van der Waals surface area contributed by atoms with E-state index in [9.17, 15) is 19.2 Å². The van der Waals surface area contributed by atoms with Gasteiger partial charge in [-0.25, -0.2) is 9.59 Å². The fourth-order valence-electron chi connectivity index (χ4n) is 4.72. The maximum absolute atomic E-state index is 11.8. The lowest BCUT2D eigenvalue weighted by Gasteiger charge is -2.28. The number of aliphatic carboxylic acids is 2. The molecule has 1 aliphatic carbocycles. The van der Waals surface area contributed by atoms with Crippen molar-refractivity contribution < 1.29 is 29.4 Å². The normalized spacial score (nSPS) is 18.4. The molecule has 2 amide bonds. The zero-order chi connectivity index (χ0) is 25.8. The Bertz CT molecular complexity index is 1230. The van der Waals surface area contributed by atoms with Crippen molar-refractivity contribution in [3.63, 3.8) is 0 Å². The van der Waals surface area contributed by atoms with Crippen molar-refractivity contribution >= 4 is 29.4 Å². The summed E-state index contributed by atoms with van der Waals surface area (Å²) in [6, 6.07) is 13.6. The minimum absolute atomic E-state index is 0.123. The van der Waals surface area contributed by atoms with E-state index < -0.39 is 23.8 Å². The van der Waals surface area contributed by atoms with Crippen LogP contribution in [0.5, 0.6) is 0 Å². The molecular formula is C27H28N2O6. The minimum Gasteiger partial charge on any atom is -0.478 e.